The van der Waals surface area contributed by atoms with E-state index in [4.69, 9.17) is 0 Å². The number of nitrogens with one attached hydrogen (secondary N) is 1. The second kappa shape index (κ2) is 6.43. The van der Waals surface area contributed by atoms with Crippen molar-refractivity contribution in [1.82, 2.24) is 14.7 Å². The maximum Gasteiger partial charge on any atom is 0.282 e. The first-order valence-corrected chi connectivity index (χ1v) is 7.07. The number of hydrogen-bond acceptors (Lipinski definition) is 4. The first-order chi connectivity index (χ1) is 9.15. The third-order valence-corrected chi connectivity index (χ3v) is 3.61. The van der Waals surface area contributed by atoms with Gasteiger partial charge in [-0.1, -0.05) is 30.3 Å². The molecule has 0 unspecified atom stereocenters. The maximum absolute atomic E-state index is 11.9. The van der Waals surface area contributed by atoms with E-state index in [0.29, 0.717) is 10.8 Å². The number of nitrogens with zero attached hydrogens (tertiary/aromatic N) is 2. The summed E-state index contributed by atoms with van der Waals surface area (Å²) in [5.41, 5.74) is 1.29. The van der Waals surface area contributed by atoms with E-state index in [9.17, 15) is 4.79 Å². The number of rotatable bonds is 5. The molecule has 0 saturated heterocycles. The van der Waals surface area contributed by atoms with E-state index < -0.39 is 0 Å². The molecular formula is C14H17N3OS. The Labute approximate surface area is 117 Å². The molecule has 1 heterocycles. The third kappa shape index (κ3) is 4.13. The Balaban J connectivity index is 1.81. The number of carbonyl (C=O) groups is 1. The molecule has 1 aromatic carbocycles. The summed E-state index contributed by atoms with van der Waals surface area (Å²) in [6.07, 6.45) is 1.87. The van der Waals surface area contributed by atoms with Gasteiger partial charge in [0.1, 0.15) is 5.82 Å². The Kier molecular flexibility index (Phi) is 4.63. The quantitative estimate of drug-likeness (QED) is 0.912. The van der Waals surface area contributed by atoms with Crippen LogP contribution in [-0.2, 0) is 6.42 Å². The Morgan fingerprint density at radius 2 is 2.11 bits per heavy atom. The fourth-order valence-corrected chi connectivity index (χ4v) is 2.35. The van der Waals surface area contributed by atoms with Crippen molar-refractivity contribution in [3.05, 3.63) is 46.7 Å². The summed E-state index contributed by atoms with van der Waals surface area (Å²) in [4.78, 5) is 16.0. The molecule has 4 nitrogen and oxygen atoms in total. The van der Waals surface area contributed by atoms with Gasteiger partial charge in [-0.2, -0.15) is 4.37 Å². The highest BCUT2D eigenvalue weighted by Gasteiger charge is 2.13. The van der Waals surface area contributed by atoms with Crippen LogP contribution in [0.4, 0.5) is 0 Å². The van der Waals surface area contributed by atoms with E-state index in [1.807, 2.05) is 25.1 Å². The molecule has 100 valence electrons. The van der Waals surface area contributed by atoms with Gasteiger partial charge >= 0.3 is 0 Å². The van der Waals surface area contributed by atoms with Crippen molar-refractivity contribution in [2.75, 3.05) is 0 Å². The lowest BCUT2D eigenvalue weighted by Gasteiger charge is -2.12. The van der Waals surface area contributed by atoms with Crippen LogP contribution in [0.15, 0.2) is 30.3 Å². The fraction of sp³-hybridized carbons (Fsp3) is 0.357. The number of benzene rings is 1. The van der Waals surface area contributed by atoms with Crippen LogP contribution in [0, 0.1) is 6.92 Å². The summed E-state index contributed by atoms with van der Waals surface area (Å²) in [6, 6.07) is 10.4. The van der Waals surface area contributed by atoms with Gasteiger partial charge in [0.25, 0.3) is 5.91 Å². The molecule has 0 saturated carbocycles. The Morgan fingerprint density at radius 3 is 2.74 bits per heavy atom. The number of hydrogen-bond donors (Lipinski definition) is 1. The lowest BCUT2D eigenvalue weighted by molar-refractivity contribution is 0.0938. The minimum absolute atomic E-state index is 0.122. The van der Waals surface area contributed by atoms with Crippen molar-refractivity contribution < 1.29 is 4.79 Å². The highest BCUT2D eigenvalue weighted by Crippen LogP contribution is 2.07. The van der Waals surface area contributed by atoms with E-state index >= 15 is 0 Å². The molecule has 0 spiro atoms. The van der Waals surface area contributed by atoms with Gasteiger partial charge in [0.2, 0.25) is 5.01 Å². The molecule has 0 aliphatic heterocycles. The normalized spacial score (nSPS) is 12.1. The minimum Gasteiger partial charge on any atom is -0.347 e. The minimum atomic E-state index is -0.133. The monoisotopic (exact) mass is 275 g/mol. The Hall–Kier alpha value is -1.75. The summed E-state index contributed by atoms with van der Waals surface area (Å²) >= 11 is 1.14. The standard InChI is InChI=1S/C14H17N3OS/c1-10(8-9-12-6-4-3-5-7-12)15-13(18)14-16-11(2)17-19-14/h3-7,10H,8-9H2,1-2H3,(H,15,18)/t10-/m0/s1. The van der Waals surface area contributed by atoms with Crippen LogP contribution >= 0.6 is 11.5 Å². The highest BCUT2D eigenvalue weighted by atomic mass is 32.1. The predicted molar refractivity (Wildman–Crippen MR) is 76.3 cm³/mol. The fourth-order valence-electron chi connectivity index (χ4n) is 1.77. The second-order valence-corrected chi connectivity index (χ2v) is 5.30. The maximum atomic E-state index is 11.9. The average Bonchev–Trinajstić information content (AvgIpc) is 2.84. The van der Waals surface area contributed by atoms with Crippen molar-refractivity contribution in [2.24, 2.45) is 0 Å². The topological polar surface area (TPSA) is 54.9 Å². The van der Waals surface area contributed by atoms with Crippen molar-refractivity contribution in [2.45, 2.75) is 32.7 Å². The van der Waals surface area contributed by atoms with Crippen LogP contribution in [0.5, 0.6) is 0 Å². The molecule has 0 fully saturated rings. The number of aryl methyl sites for hydroxylation is 2. The van der Waals surface area contributed by atoms with Gasteiger partial charge in [-0.25, -0.2) is 4.98 Å². The Bertz CT molecular complexity index is 539. The predicted octanol–water partition coefficient (Wildman–Crippen LogP) is 2.60. The molecule has 1 aromatic heterocycles. The average molecular weight is 275 g/mol. The van der Waals surface area contributed by atoms with Gasteiger partial charge in [-0.15, -0.1) is 0 Å². The smallest absolute Gasteiger partial charge is 0.282 e. The number of aromatic nitrogens is 2. The van der Waals surface area contributed by atoms with Gasteiger partial charge in [-0.05, 0) is 43.8 Å². The van der Waals surface area contributed by atoms with Gasteiger partial charge in [0.15, 0.2) is 0 Å². The molecule has 0 bridgehead atoms. The van der Waals surface area contributed by atoms with Crippen LogP contribution in [0.2, 0.25) is 0 Å². The van der Waals surface area contributed by atoms with E-state index in [0.717, 1.165) is 24.4 Å². The SMILES string of the molecule is Cc1nsc(C(=O)N[C@@H](C)CCc2ccccc2)n1. The highest BCUT2D eigenvalue weighted by molar-refractivity contribution is 7.07. The molecule has 19 heavy (non-hydrogen) atoms. The molecule has 5 heteroatoms. The lowest BCUT2D eigenvalue weighted by Crippen LogP contribution is -2.32. The van der Waals surface area contributed by atoms with E-state index in [1.165, 1.54) is 5.56 Å². The van der Waals surface area contributed by atoms with Crippen LogP contribution in [0.1, 0.15) is 34.5 Å². The van der Waals surface area contributed by atoms with Crippen molar-refractivity contribution in [1.29, 1.82) is 0 Å². The lowest BCUT2D eigenvalue weighted by atomic mass is 10.1. The first kappa shape index (κ1) is 13.7. The molecule has 0 aliphatic carbocycles. The molecule has 2 aromatic rings. The summed E-state index contributed by atoms with van der Waals surface area (Å²) in [5, 5.41) is 3.38. The largest absolute Gasteiger partial charge is 0.347 e. The van der Waals surface area contributed by atoms with Crippen molar-refractivity contribution in [3.63, 3.8) is 0 Å². The third-order valence-electron chi connectivity index (χ3n) is 2.81. The van der Waals surface area contributed by atoms with Gasteiger partial charge in [0, 0.05) is 6.04 Å². The Morgan fingerprint density at radius 1 is 1.37 bits per heavy atom. The zero-order chi connectivity index (χ0) is 13.7. The van der Waals surface area contributed by atoms with Crippen LogP contribution in [0.25, 0.3) is 0 Å². The van der Waals surface area contributed by atoms with Crippen LogP contribution in [-0.4, -0.2) is 21.3 Å². The molecule has 1 N–H and O–H groups in total. The molecule has 0 aliphatic rings. The second-order valence-electron chi connectivity index (χ2n) is 4.55. The molecule has 2 rings (SSSR count). The summed E-state index contributed by atoms with van der Waals surface area (Å²) in [7, 11) is 0. The van der Waals surface area contributed by atoms with E-state index in [1.54, 1.807) is 6.92 Å². The van der Waals surface area contributed by atoms with Crippen molar-refractivity contribution >= 4 is 17.4 Å². The van der Waals surface area contributed by atoms with Gasteiger partial charge < -0.3 is 5.32 Å². The molecule has 1 atom stereocenters. The summed E-state index contributed by atoms with van der Waals surface area (Å²) in [5.74, 6) is 0.512. The molecule has 0 radical (unpaired) electrons. The van der Waals surface area contributed by atoms with E-state index in [-0.39, 0.29) is 11.9 Å². The van der Waals surface area contributed by atoms with Crippen molar-refractivity contribution in [3.8, 4) is 0 Å². The van der Waals surface area contributed by atoms with Gasteiger partial charge in [-0.3, -0.25) is 4.79 Å². The van der Waals surface area contributed by atoms with Crippen LogP contribution < -0.4 is 5.32 Å². The summed E-state index contributed by atoms with van der Waals surface area (Å²) in [6.45, 7) is 3.79. The number of amides is 1. The zero-order valence-corrected chi connectivity index (χ0v) is 11.9. The van der Waals surface area contributed by atoms with E-state index in [2.05, 4.69) is 26.8 Å². The summed E-state index contributed by atoms with van der Waals surface area (Å²) < 4.78 is 4.01. The van der Waals surface area contributed by atoms with Crippen LogP contribution in [0.3, 0.4) is 0 Å². The molecule has 1 amide bonds. The van der Waals surface area contributed by atoms with Gasteiger partial charge in [0.05, 0.1) is 0 Å². The number of carbonyl (C=O) groups excluding carboxylic acids is 1. The zero-order valence-electron chi connectivity index (χ0n) is 11.1. The first-order valence-electron chi connectivity index (χ1n) is 6.30. The molecular weight excluding hydrogens is 258 g/mol.